The first-order chi connectivity index (χ1) is 22.1. The predicted octanol–water partition coefficient (Wildman–Crippen LogP) is 9.41. The summed E-state index contributed by atoms with van der Waals surface area (Å²) in [4.78, 5) is 28.2. The summed E-state index contributed by atoms with van der Waals surface area (Å²) in [6.07, 6.45) is 5.03. The van der Waals surface area contributed by atoms with Gasteiger partial charge in [0.05, 0.1) is 35.2 Å². The third-order valence-electron chi connectivity index (χ3n) is 7.02. The van der Waals surface area contributed by atoms with Crippen molar-refractivity contribution >= 4 is 53.1 Å². The molecule has 0 saturated carbocycles. The van der Waals surface area contributed by atoms with Gasteiger partial charge in [-0.2, -0.15) is 0 Å². The molecule has 5 aromatic rings. The molecule has 46 heavy (non-hydrogen) atoms. The number of carbonyl (C=O) groups excluding carboxylic acids is 1. The highest BCUT2D eigenvalue weighted by molar-refractivity contribution is 6.36. The first-order valence-electron chi connectivity index (χ1n) is 14.4. The van der Waals surface area contributed by atoms with Gasteiger partial charge in [0, 0.05) is 23.3 Å². The van der Waals surface area contributed by atoms with Crippen LogP contribution in [0.3, 0.4) is 0 Å². The lowest BCUT2D eigenvalue weighted by Crippen LogP contribution is -2.18. The van der Waals surface area contributed by atoms with E-state index in [-0.39, 0.29) is 11.7 Å². The van der Waals surface area contributed by atoms with E-state index in [2.05, 4.69) is 5.32 Å². The van der Waals surface area contributed by atoms with Crippen LogP contribution < -0.4 is 10.1 Å². The molecule has 8 nitrogen and oxygen atoms in total. The molecule has 0 saturated heterocycles. The summed E-state index contributed by atoms with van der Waals surface area (Å²) in [7, 11) is 1.55. The summed E-state index contributed by atoms with van der Waals surface area (Å²) in [5, 5.41) is 13.0. The number of carbonyl (C=O) groups is 2. The molecule has 0 aliphatic carbocycles. The zero-order valence-electron chi connectivity index (χ0n) is 25.3. The van der Waals surface area contributed by atoms with Crippen molar-refractivity contribution in [3.05, 3.63) is 124 Å². The average Bonchev–Trinajstić information content (AvgIpc) is 3.42. The number of halogens is 2. The quantitative estimate of drug-likeness (QED) is 0.155. The zero-order chi connectivity index (χ0) is 32.8. The largest absolute Gasteiger partial charge is 0.495 e. The Balaban J connectivity index is 1.39. The minimum absolute atomic E-state index is 0.226. The van der Waals surface area contributed by atoms with Gasteiger partial charge in [-0.15, -0.1) is 0 Å². The molecule has 4 aromatic carbocycles. The summed E-state index contributed by atoms with van der Waals surface area (Å²) in [6, 6.07) is 25.6. The second-order valence-electron chi connectivity index (χ2n) is 10.7. The number of nitrogens with zero attached hydrogens (tertiary/aromatic N) is 2. The molecule has 0 atom stereocenters. The fraction of sp³-hybridized carbons (Fsp3) is 0.139. The van der Waals surface area contributed by atoms with E-state index in [1.54, 1.807) is 63.4 Å². The fourth-order valence-corrected chi connectivity index (χ4v) is 5.26. The van der Waals surface area contributed by atoms with Crippen molar-refractivity contribution in [3.63, 3.8) is 0 Å². The van der Waals surface area contributed by atoms with Crippen LogP contribution in [0.2, 0.25) is 10.0 Å². The Morgan fingerprint density at radius 2 is 1.65 bits per heavy atom. The van der Waals surface area contributed by atoms with Crippen molar-refractivity contribution in [1.82, 2.24) is 9.55 Å². The normalized spacial score (nSPS) is 11.2. The van der Waals surface area contributed by atoms with Crippen LogP contribution in [0.5, 0.6) is 5.75 Å². The highest BCUT2D eigenvalue weighted by Gasteiger charge is 2.14. The van der Waals surface area contributed by atoms with Gasteiger partial charge in [0.2, 0.25) is 0 Å². The minimum atomic E-state index is -0.972. The zero-order valence-corrected chi connectivity index (χ0v) is 26.8. The van der Waals surface area contributed by atoms with E-state index in [1.807, 2.05) is 65.4 Å². The standard InChI is InChI=1S/C36H31Cl2N3O5/c1-22(2)46-36(44)40-31-16-13-27(18-33(31)45-3)25-9-4-23(5-10-25)8-17-34-39-32(29-15-14-28(37)19-30(29)38)21-41(34)20-24-6-11-26(12-7-24)35(42)43/h4-19,21-22H,20H2,1-3H3,(H,40,44)(H,42,43). The van der Waals surface area contributed by atoms with Crippen molar-refractivity contribution in [1.29, 1.82) is 0 Å². The molecule has 0 radical (unpaired) electrons. The Morgan fingerprint density at radius 1 is 0.935 bits per heavy atom. The Morgan fingerprint density at radius 3 is 2.30 bits per heavy atom. The second-order valence-corrected chi connectivity index (χ2v) is 11.5. The lowest BCUT2D eigenvalue weighted by molar-refractivity contribution is 0.0696. The number of amides is 1. The second kappa shape index (κ2) is 14.4. The van der Waals surface area contributed by atoms with E-state index < -0.39 is 12.1 Å². The molecule has 0 fully saturated rings. The number of hydrogen-bond acceptors (Lipinski definition) is 5. The monoisotopic (exact) mass is 655 g/mol. The number of methoxy groups -OCH3 is 1. The van der Waals surface area contributed by atoms with Crippen LogP contribution >= 0.6 is 23.2 Å². The Bertz CT molecular complexity index is 1900. The van der Waals surface area contributed by atoms with Gasteiger partial charge in [-0.05, 0) is 84.6 Å². The van der Waals surface area contributed by atoms with Gasteiger partial charge in [-0.3, -0.25) is 5.32 Å². The summed E-state index contributed by atoms with van der Waals surface area (Å²) in [6.45, 7) is 4.04. The van der Waals surface area contributed by atoms with Crippen LogP contribution in [-0.2, 0) is 11.3 Å². The predicted molar refractivity (Wildman–Crippen MR) is 183 cm³/mol. The Hall–Kier alpha value is -5.05. The van der Waals surface area contributed by atoms with Gasteiger partial charge in [0.15, 0.2) is 0 Å². The molecule has 0 unspecified atom stereocenters. The van der Waals surface area contributed by atoms with Crippen molar-refractivity contribution < 1.29 is 24.2 Å². The molecule has 1 amide bonds. The molecule has 1 heterocycles. The lowest BCUT2D eigenvalue weighted by atomic mass is 10.0. The van der Waals surface area contributed by atoms with E-state index in [0.717, 1.165) is 27.8 Å². The van der Waals surface area contributed by atoms with Gasteiger partial charge in [0.1, 0.15) is 11.6 Å². The molecular formula is C36H31Cl2N3O5. The number of carboxylic acid groups (broad SMARTS) is 1. The van der Waals surface area contributed by atoms with Crippen molar-refractivity contribution in [2.75, 3.05) is 12.4 Å². The molecule has 10 heteroatoms. The van der Waals surface area contributed by atoms with Gasteiger partial charge in [-0.1, -0.05) is 71.7 Å². The maximum Gasteiger partial charge on any atom is 0.411 e. The maximum atomic E-state index is 12.1. The van der Waals surface area contributed by atoms with Gasteiger partial charge in [-0.25, -0.2) is 14.6 Å². The number of carboxylic acids is 1. The number of benzene rings is 4. The third kappa shape index (κ3) is 7.96. The van der Waals surface area contributed by atoms with E-state index in [9.17, 15) is 14.7 Å². The van der Waals surface area contributed by atoms with Crippen LogP contribution in [0, 0.1) is 0 Å². The number of imidazole rings is 1. The first kappa shape index (κ1) is 32.3. The fourth-order valence-electron chi connectivity index (χ4n) is 4.75. The number of ether oxygens (including phenoxy) is 2. The Labute approximate surface area is 276 Å². The molecule has 5 rings (SSSR count). The van der Waals surface area contributed by atoms with Crippen LogP contribution in [-0.4, -0.2) is 39.9 Å². The molecule has 0 aliphatic heterocycles. The number of rotatable bonds is 10. The maximum absolute atomic E-state index is 12.1. The van der Waals surface area contributed by atoms with E-state index in [1.165, 1.54) is 0 Å². The molecule has 0 spiro atoms. The third-order valence-corrected chi connectivity index (χ3v) is 7.57. The smallest absolute Gasteiger partial charge is 0.411 e. The molecule has 2 N–H and O–H groups in total. The number of hydrogen-bond donors (Lipinski definition) is 2. The number of anilines is 1. The highest BCUT2D eigenvalue weighted by atomic mass is 35.5. The van der Waals surface area contributed by atoms with Crippen molar-refractivity contribution in [3.8, 4) is 28.1 Å². The van der Waals surface area contributed by atoms with Crippen LogP contribution in [0.4, 0.5) is 10.5 Å². The van der Waals surface area contributed by atoms with E-state index >= 15 is 0 Å². The number of nitrogens with one attached hydrogen (secondary N) is 1. The molecule has 0 aliphatic rings. The summed E-state index contributed by atoms with van der Waals surface area (Å²) in [5.74, 6) is 0.236. The van der Waals surface area contributed by atoms with Crippen LogP contribution in [0.15, 0.2) is 91.1 Å². The molecule has 0 bridgehead atoms. The molecular weight excluding hydrogens is 625 g/mol. The lowest BCUT2D eigenvalue weighted by Gasteiger charge is -2.13. The minimum Gasteiger partial charge on any atom is -0.495 e. The van der Waals surface area contributed by atoms with Crippen LogP contribution in [0.25, 0.3) is 34.5 Å². The highest BCUT2D eigenvalue weighted by Crippen LogP contribution is 2.32. The first-order valence-corrected chi connectivity index (χ1v) is 15.1. The van der Waals surface area contributed by atoms with Crippen molar-refractivity contribution in [2.24, 2.45) is 0 Å². The number of aromatic carboxylic acids is 1. The van der Waals surface area contributed by atoms with Crippen LogP contribution in [0.1, 0.15) is 41.2 Å². The SMILES string of the molecule is COc1cc(-c2ccc(C=Cc3nc(-c4ccc(Cl)cc4Cl)cn3Cc3ccc(C(=O)O)cc3)cc2)ccc1NC(=O)OC(C)C. The van der Waals surface area contributed by atoms with E-state index in [4.69, 9.17) is 37.7 Å². The van der Waals surface area contributed by atoms with Gasteiger partial charge >= 0.3 is 12.1 Å². The summed E-state index contributed by atoms with van der Waals surface area (Å²) >= 11 is 12.6. The number of aromatic nitrogens is 2. The summed E-state index contributed by atoms with van der Waals surface area (Å²) < 4.78 is 12.7. The molecule has 234 valence electrons. The topological polar surface area (TPSA) is 103 Å². The average molecular weight is 657 g/mol. The summed E-state index contributed by atoms with van der Waals surface area (Å²) in [5.41, 5.74) is 5.94. The van der Waals surface area contributed by atoms with E-state index in [0.29, 0.717) is 39.5 Å². The Kier molecular flexibility index (Phi) is 10.1. The molecule has 1 aromatic heterocycles. The van der Waals surface area contributed by atoms with Crippen molar-refractivity contribution in [2.45, 2.75) is 26.5 Å². The van der Waals surface area contributed by atoms with Gasteiger partial charge in [0.25, 0.3) is 0 Å². The van der Waals surface area contributed by atoms with Gasteiger partial charge < -0.3 is 19.1 Å².